The number of aliphatic hydroxyl groups is 1. The minimum atomic E-state index is -0.868. The van der Waals surface area contributed by atoms with Gasteiger partial charge in [-0.15, -0.1) is 0 Å². The molecular weight excluding hydrogens is 464 g/mol. The van der Waals surface area contributed by atoms with Crippen molar-refractivity contribution < 1.29 is 29.1 Å². The lowest BCUT2D eigenvalue weighted by molar-refractivity contribution is -0.384. The van der Waals surface area contributed by atoms with E-state index in [1.807, 2.05) is 26.8 Å². The molecule has 9 heteroatoms. The molecule has 2 N–H and O–H groups in total. The number of allylic oxidation sites excluding steroid dienone is 5. The van der Waals surface area contributed by atoms with Crippen molar-refractivity contribution in [2.45, 2.75) is 53.4 Å². The molecule has 0 fully saturated rings. The van der Waals surface area contributed by atoms with E-state index in [1.165, 1.54) is 18.2 Å². The summed E-state index contributed by atoms with van der Waals surface area (Å²) in [5, 5.41) is 22.3. The molecule has 1 aliphatic rings. The number of dihydropyridines is 1. The molecule has 0 bridgehead atoms. The average molecular weight is 501 g/mol. The molecular formula is C27H36N2O7. The van der Waals surface area contributed by atoms with E-state index >= 15 is 0 Å². The Bertz CT molecular complexity index is 1040. The molecule has 0 spiro atoms. The predicted molar refractivity (Wildman–Crippen MR) is 138 cm³/mol. The van der Waals surface area contributed by atoms with Gasteiger partial charge in [0.2, 0.25) is 0 Å². The van der Waals surface area contributed by atoms with Crippen LogP contribution >= 0.6 is 0 Å². The molecule has 9 nitrogen and oxygen atoms in total. The second kappa shape index (κ2) is 16.0. The van der Waals surface area contributed by atoms with Gasteiger partial charge in [-0.1, -0.05) is 44.2 Å². The Labute approximate surface area is 212 Å². The molecule has 1 atom stereocenters. The van der Waals surface area contributed by atoms with Crippen LogP contribution in [0.3, 0.4) is 0 Å². The Morgan fingerprint density at radius 2 is 1.69 bits per heavy atom. The summed E-state index contributed by atoms with van der Waals surface area (Å²) >= 11 is 0. The van der Waals surface area contributed by atoms with E-state index in [0.29, 0.717) is 30.0 Å². The molecule has 1 unspecified atom stereocenters. The number of hydrogen-bond acceptors (Lipinski definition) is 8. The van der Waals surface area contributed by atoms with E-state index in [0.717, 1.165) is 6.42 Å². The van der Waals surface area contributed by atoms with Crippen LogP contribution in [0.25, 0.3) is 0 Å². The van der Waals surface area contributed by atoms with Crippen LogP contribution in [0.4, 0.5) is 5.69 Å². The zero-order valence-electron chi connectivity index (χ0n) is 21.6. The summed E-state index contributed by atoms with van der Waals surface area (Å²) in [5.74, 6) is -2.07. The van der Waals surface area contributed by atoms with Gasteiger partial charge in [0.15, 0.2) is 0 Å². The quantitative estimate of drug-likeness (QED) is 0.202. The monoisotopic (exact) mass is 500 g/mol. The van der Waals surface area contributed by atoms with Gasteiger partial charge < -0.3 is 19.9 Å². The number of carbonyl (C=O) groups is 2. The number of nitro groups is 1. The summed E-state index contributed by atoms with van der Waals surface area (Å²) < 4.78 is 10.8. The molecule has 36 heavy (non-hydrogen) atoms. The number of esters is 2. The number of nitrogens with zero attached hydrogens (tertiary/aromatic N) is 1. The highest BCUT2D eigenvalue weighted by molar-refractivity contribution is 6.00. The molecule has 0 aliphatic carbocycles. The fourth-order valence-corrected chi connectivity index (χ4v) is 3.41. The Hall–Kier alpha value is -3.72. The molecule has 0 saturated carbocycles. The first-order chi connectivity index (χ1) is 17.2. The maximum atomic E-state index is 13.1. The van der Waals surface area contributed by atoms with Gasteiger partial charge in [0, 0.05) is 30.1 Å². The summed E-state index contributed by atoms with van der Waals surface area (Å²) in [7, 11) is 0. The van der Waals surface area contributed by atoms with E-state index in [4.69, 9.17) is 14.6 Å². The Morgan fingerprint density at radius 3 is 2.22 bits per heavy atom. The fourth-order valence-electron chi connectivity index (χ4n) is 3.41. The third-order valence-electron chi connectivity index (χ3n) is 5.03. The summed E-state index contributed by atoms with van der Waals surface area (Å²) in [5.41, 5.74) is 1.75. The van der Waals surface area contributed by atoms with Crippen molar-refractivity contribution in [2.75, 3.05) is 19.8 Å². The molecule has 2 rings (SSSR count). The number of nitrogens with one attached hydrogen (secondary N) is 1. The highest BCUT2D eigenvalue weighted by Gasteiger charge is 2.38. The molecule has 0 radical (unpaired) electrons. The van der Waals surface area contributed by atoms with Crippen LogP contribution in [0, 0.1) is 10.1 Å². The predicted octanol–water partition coefficient (Wildman–Crippen LogP) is 4.85. The molecule has 1 aromatic rings. The first-order valence-corrected chi connectivity index (χ1v) is 11.9. The minimum absolute atomic E-state index is 0.0416. The van der Waals surface area contributed by atoms with Crippen molar-refractivity contribution in [1.29, 1.82) is 0 Å². The smallest absolute Gasteiger partial charge is 0.337 e. The lowest BCUT2D eigenvalue weighted by atomic mass is 9.80. The van der Waals surface area contributed by atoms with Gasteiger partial charge in [-0.25, -0.2) is 9.59 Å². The normalized spacial score (nSPS) is 15.4. The topological polar surface area (TPSA) is 128 Å². The molecule has 0 saturated heterocycles. The van der Waals surface area contributed by atoms with Crippen LogP contribution in [0.2, 0.25) is 0 Å². The third kappa shape index (κ3) is 8.81. The first-order valence-electron chi connectivity index (χ1n) is 11.9. The van der Waals surface area contributed by atoms with Gasteiger partial charge in [0.1, 0.15) is 6.61 Å². The number of rotatable bonds is 10. The summed E-state index contributed by atoms with van der Waals surface area (Å²) in [6, 6.07) is 5.90. The number of ether oxygens (including phenoxy) is 2. The van der Waals surface area contributed by atoms with Gasteiger partial charge in [0.05, 0.1) is 28.6 Å². The molecule has 1 heterocycles. The SMILES string of the molecule is CC=CC=CCOC(=O)C1=C(C)NC(C)=C(C(=O)OCCC)C1c1cccc([N+](=O)[O-])c1.CCCO. The van der Waals surface area contributed by atoms with Crippen LogP contribution in [-0.4, -0.2) is 41.8 Å². The number of carbonyl (C=O) groups excluding carboxylic acids is 2. The minimum Gasteiger partial charge on any atom is -0.462 e. The van der Waals surface area contributed by atoms with Crippen molar-refractivity contribution >= 4 is 17.6 Å². The summed E-state index contributed by atoms with van der Waals surface area (Å²) in [4.78, 5) is 36.8. The Morgan fingerprint density at radius 1 is 1.08 bits per heavy atom. The summed E-state index contributed by atoms with van der Waals surface area (Å²) in [6.07, 6.45) is 8.60. The lowest BCUT2D eigenvalue weighted by Crippen LogP contribution is -2.32. The van der Waals surface area contributed by atoms with Crippen molar-refractivity contribution in [3.63, 3.8) is 0 Å². The van der Waals surface area contributed by atoms with Crippen molar-refractivity contribution in [1.82, 2.24) is 5.32 Å². The molecule has 0 aromatic heterocycles. The highest BCUT2D eigenvalue weighted by atomic mass is 16.6. The van der Waals surface area contributed by atoms with Crippen LogP contribution in [0.5, 0.6) is 0 Å². The number of aliphatic hydroxyl groups excluding tert-OH is 1. The maximum Gasteiger partial charge on any atom is 0.337 e. The van der Waals surface area contributed by atoms with Crippen LogP contribution in [-0.2, 0) is 19.1 Å². The van der Waals surface area contributed by atoms with Gasteiger partial charge in [0.25, 0.3) is 5.69 Å². The van der Waals surface area contributed by atoms with Gasteiger partial charge in [-0.2, -0.15) is 0 Å². The van der Waals surface area contributed by atoms with E-state index in [-0.39, 0.29) is 30.0 Å². The van der Waals surface area contributed by atoms with Crippen LogP contribution < -0.4 is 5.32 Å². The second-order valence-corrected chi connectivity index (χ2v) is 7.90. The van der Waals surface area contributed by atoms with Crippen molar-refractivity contribution in [3.8, 4) is 0 Å². The van der Waals surface area contributed by atoms with Crippen molar-refractivity contribution in [3.05, 3.63) is 86.8 Å². The number of non-ortho nitro benzene ring substituents is 1. The largest absolute Gasteiger partial charge is 0.462 e. The standard InChI is InChI=1S/C24H28N2O6.C3H8O/c1-5-7-8-9-14-32-24(28)21-17(4)25-16(3)20(23(27)31-13-6-2)22(21)18-11-10-12-19(15-18)26(29)30;1-2-3-4/h5,7-12,15,22,25H,6,13-14H2,1-4H3;4H,2-3H2,1H3. The van der Waals surface area contributed by atoms with E-state index in [9.17, 15) is 19.7 Å². The lowest BCUT2D eigenvalue weighted by Gasteiger charge is -2.30. The maximum absolute atomic E-state index is 13.1. The van der Waals surface area contributed by atoms with Crippen LogP contribution in [0.15, 0.2) is 71.1 Å². The molecule has 1 aliphatic heterocycles. The molecule has 1 aromatic carbocycles. The van der Waals surface area contributed by atoms with Gasteiger partial charge >= 0.3 is 11.9 Å². The second-order valence-electron chi connectivity index (χ2n) is 7.90. The van der Waals surface area contributed by atoms with Gasteiger partial charge in [-0.05, 0) is 45.3 Å². The summed E-state index contributed by atoms with van der Waals surface area (Å²) in [6.45, 7) is 9.66. The van der Waals surface area contributed by atoms with Gasteiger partial charge in [-0.3, -0.25) is 10.1 Å². The molecule has 0 amide bonds. The zero-order chi connectivity index (χ0) is 27.1. The highest BCUT2D eigenvalue weighted by Crippen LogP contribution is 2.40. The third-order valence-corrected chi connectivity index (χ3v) is 5.03. The average Bonchev–Trinajstić information content (AvgIpc) is 2.86. The first kappa shape index (κ1) is 30.3. The van der Waals surface area contributed by atoms with E-state index in [2.05, 4.69) is 5.32 Å². The fraction of sp³-hybridized carbons (Fsp3) is 0.407. The van der Waals surface area contributed by atoms with E-state index < -0.39 is 22.8 Å². The Kier molecular flexibility index (Phi) is 13.5. The number of nitro benzene ring substituents is 1. The zero-order valence-corrected chi connectivity index (χ0v) is 21.6. The number of benzene rings is 1. The Balaban J connectivity index is 0.00000150. The van der Waals surface area contributed by atoms with Crippen molar-refractivity contribution in [2.24, 2.45) is 0 Å². The molecule has 196 valence electrons. The van der Waals surface area contributed by atoms with E-state index in [1.54, 1.807) is 38.1 Å². The van der Waals surface area contributed by atoms with Crippen LogP contribution in [0.1, 0.15) is 58.9 Å². The number of hydrogen-bond donors (Lipinski definition) is 2.